The van der Waals surface area contributed by atoms with E-state index in [1.54, 1.807) is 6.92 Å². The second kappa shape index (κ2) is 9.60. The molecule has 2 amide bonds. The van der Waals surface area contributed by atoms with E-state index in [-0.39, 0.29) is 24.1 Å². The van der Waals surface area contributed by atoms with Crippen molar-refractivity contribution in [2.24, 2.45) is 0 Å². The highest BCUT2D eigenvalue weighted by atomic mass is 16.5. The number of carbonyl (C=O) groups is 2. The van der Waals surface area contributed by atoms with Gasteiger partial charge in [-0.05, 0) is 31.5 Å². The molecule has 0 aliphatic carbocycles. The van der Waals surface area contributed by atoms with Crippen LogP contribution in [0.2, 0.25) is 0 Å². The van der Waals surface area contributed by atoms with E-state index in [0.717, 1.165) is 37.3 Å². The van der Waals surface area contributed by atoms with Crippen LogP contribution in [0.25, 0.3) is 0 Å². The molecule has 0 aromatic heterocycles. The number of benzene rings is 1. The van der Waals surface area contributed by atoms with Crippen molar-refractivity contribution < 1.29 is 28.7 Å². The standard InChI is InChI=1S/C23H31N3O5/c1-3-16-21(22(27)29-4-2)17(25-23(28)24-16)14-26-10-5-7-18(26)15-8-9-19-20(13-15)31-12-6-11-30-19/h8-9,13,16,18H,3-7,10-12,14H2,1-2H3,(H2,24,25,28)/p+1/t16-,18-/m1/s1. The molecule has 8 heteroatoms. The first-order valence-electron chi connectivity index (χ1n) is 11.3. The summed E-state index contributed by atoms with van der Waals surface area (Å²) < 4.78 is 17.0. The third-order valence-corrected chi connectivity index (χ3v) is 6.21. The predicted octanol–water partition coefficient (Wildman–Crippen LogP) is 1.48. The SMILES string of the molecule is CCOC(=O)C1=C(C[NH+]2CCC[C@@H]2c2ccc3c(c2)OCCCO3)NC(=O)N[C@@H]1CC. The molecular formula is C23H32N3O5+. The van der Waals surface area contributed by atoms with Gasteiger partial charge in [0.2, 0.25) is 0 Å². The maximum Gasteiger partial charge on any atom is 0.338 e. The zero-order valence-electron chi connectivity index (χ0n) is 18.3. The number of fused-ring (bicyclic) bond motifs is 1. The van der Waals surface area contributed by atoms with Gasteiger partial charge in [-0.2, -0.15) is 0 Å². The highest BCUT2D eigenvalue weighted by Crippen LogP contribution is 2.33. The first kappa shape index (κ1) is 21.5. The fourth-order valence-corrected chi connectivity index (χ4v) is 4.75. The zero-order chi connectivity index (χ0) is 21.8. The average Bonchev–Trinajstić information content (AvgIpc) is 3.08. The number of urea groups is 1. The van der Waals surface area contributed by atoms with E-state index in [1.807, 2.05) is 13.0 Å². The van der Waals surface area contributed by atoms with Gasteiger partial charge in [-0.25, -0.2) is 9.59 Å². The monoisotopic (exact) mass is 430 g/mol. The normalized spacial score (nSPS) is 25.5. The van der Waals surface area contributed by atoms with Crippen molar-refractivity contribution in [3.63, 3.8) is 0 Å². The van der Waals surface area contributed by atoms with Crippen molar-refractivity contribution in [2.75, 3.05) is 32.9 Å². The van der Waals surface area contributed by atoms with Crippen molar-refractivity contribution >= 4 is 12.0 Å². The van der Waals surface area contributed by atoms with Gasteiger partial charge in [0.05, 0.1) is 43.7 Å². The summed E-state index contributed by atoms with van der Waals surface area (Å²) >= 11 is 0. The molecule has 0 bridgehead atoms. The fraction of sp³-hybridized carbons (Fsp3) is 0.565. The number of likely N-dealkylation sites (tertiary alicyclic amines) is 1. The highest BCUT2D eigenvalue weighted by molar-refractivity contribution is 5.94. The van der Waals surface area contributed by atoms with Crippen molar-refractivity contribution in [3.05, 3.63) is 35.0 Å². The Morgan fingerprint density at radius 2 is 2.00 bits per heavy atom. The van der Waals surface area contributed by atoms with Gasteiger partial charge >= 0.3 is 12.0 Å². The van der Waals surface area contributed by atoms with Crippen LogP contribution in [0.15, 0.2) is 29.5 Å². The third-order valence-electron chi connectivity index (χ3n) is 6.21. The lowest BCUT2D eigenvalue weighted by molar-refractivity contribution is -0.914. The van der Waals surface area contributed by atoms with Crippen molar-refractivity contribution in [2.45, 2.75) is 51.6 Å². The number of hydrogen-bond donors (Lipinski definition) is 3. The lowest BCUT2D eigenvalue weighted by atomic mass is 9.99. The average molecular weight is 431 g/mol. The van der Waals surface area contributed by atoms with Gasteiger partial charge in [-0.3, -0.25) is 0 Å². The summed E-state index contributed by atoms with van der Waals surface area (Å²) in [5.74, 6) is 1.24. The van der Waals surface area contributed by atoms with Crippen molar-refractivity contribution in [1.29, 1.82) is 0 Å². The first-order chi connectivity index (χ1) is 15.1. The van der Waals surface area contributed by atoms with Crippen LogP contribution >= 0.6 is 0 Å². The summed E-state index contributed by atoms with van der Waals surface area (Å²) in [6.45, 7) is 6.91. The van der Waals surface area contributed by atoms with Crippen LogP contribution in [-0.2, 0) is 9.53 Å². The summed E-state index contributed by atoms with van der Waals surface area (Å²) in [5, 5.41) is 5.74. The van der Waals surface area contributed by atoms with Gasteiger partial charge in [0.15, 0.2) is 11.5 Å². The van der Waals surface area contributed by atoms with Crippen molar-refractivity contribution in [1.82, 2.24) is 10.6 Å². The molecule has 4 rings (SSSR count). The molecule has 3 heterocycles. The molecule has 168 valence electrons. The van der Waals surface area contributed by atoms with E-state index in [4.69, 9.17) is 14.2 Å². The van der Waals surface area contributed by atoms with E-state index in [9.17, 15) is 9.59 Å². The Labute approximate surface area is 182 Å². The molecule has 0 saturated carbocycles. The number of esters is 1. The molecule has 1 aromatic carbocycles. The summed E-state index contributed by atoms with van der Waals surface area (Å²) in [7, 11) is 0. The van der Waals surface area contributed by atoms with Gasteiger partial charge in [-0.1, -0.05) is 6.92 Å². The Kier molecular flexibility index (Phi) is 6.65. The van der Waals surface area contributed by atoms with Gasteiger partial charge in [0, 0.05) is 24.8 Å². The topological polar surface area (TPSA) is 90.3 Å². The minimum Gasteiger partial charge on any atom is -0.490 e. The first-order valence-corrected chi connectivity index (χ1v) is 11.3. The van der Waals surface area contributed by atoms with E-state index in [2.05, 4.69) is 22.8 Å². The highest BCUT2D eigenvalue weighted by Gasteiger charge is 2.37. The lowest BCUT2D eigenvalue weighted by Crippen LogP contribution is -3.10. The molecule has 3 aliphatic heterocycles. The number of nitrogens with one attached hydrogen (secondary N) is 3. The van der Waals surface area contributed by atoms with Crippen molar-refractivity contribution in [3.8, 4) is 11.5 Å². The maximum atomic E-state index is 12.7. The molecule has 8 nitrogen and oxygen atoms in total. The summed E-state index contributed by atoms with van der Waals surface area (Å²) in [6.07, 6.45) is 3.63. The smallest absolute Gasteiger partial charge is 0.338 e. The van der Waals surface area contributed by atoms with Gasteiger partial charge in [0.1, 0.15) is 12.6 Å². The Bertz CT molecular complexity index is 869. The van der Waals surface area contributed by atoms with Crippen LogP contribution in [-0.4, -0.2) is 51.0 Å². The summed E-state index contributed by atoms with van der Waals surface area (Å²) in [5.41, 5.74) is 2.41. The molecule has 1 saturated heterocycles. The molecular weight excluding hydrogens is 398 g/mol. The molecule has 3 atom stereocenters. The number of quaternary nitrogens is 1. The van der Waals surface area contributed by atoms with Crippen LogP contribution in [0.3, 0.4) is 0 Å². The predicted molar refractivity (Wildman–Crippen MR) is 114 cm³/mol. The molecule has 3 aliphatic rings. The van der Waals surface area contributed by atoms with E-state index in [0.29, 0.717) is 44.1 Å². The Hall–Kier alpha value is -2.74. The van der Waals surface area contributed by atoms with Gasteiger partial charge in [0.25, 0.3) is 0 Å². The fourth-order valence-electron chi connectivity index (χ4n) is 4.75. The van der Waals surface area contributed by atoms with E-state index >= 15 is 0 Å². The minimum atomic E-state index is -0.359. The number of rotatable bonds is 6. The van der Waals surface area contributed by atoms with Gasteiger partial charge in [-0.15, -0.1) is 0 Å². The van der Waals surface area contributed by atoms with E-state index < -0.39 is 0 Å². The van der Waals surface area contributed by atoms with Crippen LogP contribution in [0.5, 0.6) is 11.5 Å². The van der Waals surface area contributed by atoms with E-state index in [1.165, 1.54) is 10.5 Å². The van der Waals surface area contributed by atoms with Gasteiger partial charge < -0.3 is 29.7 Å². The third kappa shape index (κ3) is 4.63. The summed E-state index contributed by atoms with van der Waals surface area (Å²) in [6, 6.07) is 5.86. The second-order valence-corrected chi connectivity index (χ2v) is 8.21. The maximum absolute atomic E-state index is 12.7. The largest absolute Gasteiger partial charge is 0.490 e. The molecule has 1 fully saturated rings. The second-order valence-electron chi connectivity index (χ2n) is 8.21. The molecule has 1 unspecified atom stereocenters. The number of ether oxygens (including phenoxy) is 3. The quantitative estimate of drug-likeness (QED) is 0.595. The summed E-state index contributed by atoms with van der Waals surface area (Å²) in [4.78, 5) is 26.3. The van der Waals surface area contributed by atoms with Crippen LogP contribution in [0, 0.1) is 0 Å². The molecule has 3 N–H and O–H groups in total. The Morgan fingerprint density at radius 3 is 2.77 bits per heavy atom. The van der Waals surface area contributed by atoms with Crippen LogP contribution < -0.4 is 25.0 Å². The molecule has 1 aromatic rings. The molecule has 0 spiro atoms. The van der Waals surface area contributed by atoms with Crippen LogP contribution in [0.1, 0.15) is 51.1 Å². The Morgan fingerprint density at radius 1 is 1.19 bits per heavy atom. The lowest BCUT2D eigenvalue weighted by Gasteiger charge is -2.30. The zero-order valence-corrected chi connectivity index (χ0v) is 18.3. The minimum absolute atomic E-state index is 0.263. The molecule has 0 radical (unpaired) electrons. The number of carbonyl (C=O) groups excluding carboxylic acids is 2. The number of amides is 2. The molecule has 31 heavy (non-hydrogen) atoms. The Balaban J connectivity index is 1.60. The number of hydrogen-bond acceptors (Lipinski definition) is 5. The van der Waals surface area contributed by atoms with Crippen LogP contribution in [0.4, 0.5) is 4.79 Å².